The van der Waals surface area contributed by atoms with Crippen LogP contribution in [0.2, 0.25) is 0 Å². The molecule has 2 N–H and O–H groups in total. The molecule has 0 fully saturated rings. The highest BCUT2D eigenvalue weighted by atomic mass is 19.1. The standard InChI is InChI=1S/C12H10FNO3/c1-7-9(4-5-17-7)12(16)14-11-3-2-8(15)6-10(11)13/h2-6,15H,1H3,(H,14,16). The van der Waals surface area contributed by atoms with Crippen LogP contribution < -0.4 is 5.32 Å². The first-order chi connectivity index (χ1) is 8.08. The molecule has 88 valence electrons. The number of nitrogens with one attached hydrogen (secondary N) is 1. The summed E-state index contributed by atoms with van der Waals surface area (Å²) in [7, 11) is 0. The molecular weight excluding hydrogens is 225 g/mol. The van der Waals surface area contributed by atoms with Gasteiger partial charge in [0.2, 0.25) is 0 Å². The van der Waals surface area contributed by atoms with E-state index in [4.69, 9.17) is 9.52 Å². The van der Waals surface area contributed by atoms with Gasteiger partial charge in [0, 0.05) is 6.07 Å². The molecular formula is C12H10FNO3. The maximum Gasteiger partial charge on any atom is 0.259 e. The third-order valence-corrected chi connectivity index (χ3v) is 2.30. The fourth-order valence-electron chi connectivity index (χ4n) is 1.42. The number of benzene rings is 1. The minimum atomic E-state index is -0.695. The zero-order valence-corrected chi connectivity index (χ0v) is 9.03. The molecule has 4 nitrogen and oxygen atoms in total. The molecule has 1 amide bonds. The van der Waals surface area contributed by atoms with E-state index in [9.17, 15) is 9.18 Å². The smallest absolute Gasteiger partial charge is 0.259 e. The van der Waals surface area contributed by atoms with Gasteiger partial charge in [0.15, 0.2) is 0 Å². The molecule has 0 aliphatic carbocycles. The SMILES string of the molecule is Cc1occc1C(=O)Nc1ccc(O)cc1F. The molecule has 5 heteroatoms. The quantitative estimate of drug-likeness (QED) is 0.786. The van der Waals surface area contributed by atoms with E-state index in [1.54, 1.807) is 6.92 Å². The summed E-state index contributed by atoms with van der Waals surface area (Å²) in [6.07, 6.45) is 1.39. The van der Waals surface area contributed by atoms with Crippen LogP contribution in [0.3, 0.4) is 0 Å². The Hall–Kier alpha value is -2.30. The molecule has 0 bridgehead atoms. The van der Waals surface area contributed by atoms with Gasteiger partial charge in [0.25, 0.3) is 5.91 Å². The molecule has 2 rings (SSSR count). The van der Waals surface area contributed by atoms with Gasteiger partial charge in [-0.2, -0.15) is 0 Å². The van der Waals surface area contributed by atoms with Gasteiger partial charge < -0.3 is 14.8 Å². The number of carbonyl (C=O) groups is 1. The lowest BCUT2D eigenvalue weighted by atomic mass is 10.2. The van der Waals surface area contributed by atoms with Gasteiger partial charge in [0.1, 0.15) is 17.3 Å². The van der Waals surface area contributed by atoms with Gasteiger partial charge in [-0.15, -0.1) is 0 Å². The van der Waals surface area contributed by atoms with Crippen LogP contribution in [-0.4, -0.2) is 11.0 Å². The molecule has 0 unspecified atom stereocenters. The Morgan fingerprint density at radius 2 is 2.18 bits per heavy atom. The molecule has 0 saturated carbocycles. The van der Waals surface area contributed by atoms with Crippen LogP contribution in [-0.2, 0) is 0 Å². The average Bonchev–Trinajstić information content (AvgIpc) is 2.68. The molecule has 1 aromatic carbocycles. The summed E-state index contributed by atoms with van der Waals surface area (Å²) in [5, 5.41) is 11.4. The lowest BCUT2D eigenvalue weighted by molar-refractivity contribution is 0.102. The molecule has 0 spiro atoms. The van der Waals surface area contributed by atoms with Crippen molar-refractivity contribution in [1.82, 2.24) is 0 Å². The highest BCUT2D eigenvalue weighted by molar-refractivity contribution is 6.04. The highest BCUT2D eigenvalue weighted by Gasteiger charge is 2.13. The molecule has 1 heterocycles. The summed E-state index contributed by atoms with van der Waals surface area (Å²) in [5.41, 5.74) is 0.353. The van der Waals surface area contributed by atoms with E-state index >= 15 is 0 Å². The topological polar surface area (TPSA) is 62.5 Å². The molecule has 0 aliphatic rings. The van der Waals surface area contributed by atoms with Gasteiger partial charge in [0.05, 0.1) is 17.5 Å². The van der Waals surface area contributed by atoms with Crippen molar-refractivity contribution in [2.45, 2.75) is 6.92 Å². The third kappa shape index (κ3) is 2.28. The third-order valence-electron chi connectivity index (χ3n) is 2.30. The van der Waals surface area contributed by atoms with Crippen molar-refractivity contribution < 1.29 is 18.7 Å². The molecule has 0 radical (unpaired) electrons. The summed E-state index contributed by atoms with van der Waals surface area (Å²) < 4.78 is 18.3. The first-order valence-electron chi connectivity index (χ1n) is 4.92. The molecule has 0 saturated heterocycles. The zero-order valence-electron chi connectivity index (χ0n) is 9.03. The molecule has 0 atom stereocenters. The van der Waals surface area contributed by atoms with Crippen molar-refractivity contribution in [1.29, 1.82) is 0 Å². The van der Waals surface area contributed by atoms with E-state index in [1.165, 1.54) is 24.5 Å². The van der Waals surface area contributed by atoms with Crippen LogP contribution in [0.1, 0.15) is 16.1 Å². The number of anilines is 1. The molecule has 1 aromatic heterocycles. The number of amides is 1. The minimum absolute atomic E-state index is 0.00778. The number of phenols is 1. The van der Waals surface area contributed by atoms with Crippen LogP contribution in [0.5, 0.6) is 5.75 Å². The first-order valence-corrected chi connectivity index (χ1v) is 4.92. The highest BCUT2D eigenvalue weighted by Crippen LogP contribution is 2.20. The van der Waals surface area contributed by atoms with Gasteiger partial charge in [-0.3, -0.25) is 4.79 Å². The van der Waals surface area contributed by atoms with Crippen LogP contribution in [0, 0.1) is 12.7 Å². The van der Waals surface area contributed by atoms with Gasteiger partial charge >= 0.3 is 0 Å². The largest absolute Gasteiger partial charge is 0.508 e. The Morgan fingerprint density at radius 3 is 2.76 bits per heavy atom. The molecule has 0 aliphatic heterocycles. The van der Waals surface area contributed by atoms with Crippen molar-refractivity contribution >= 4 is 11.6 Å². The fourth-order valence-corrected chi connectivity index (χ4v) is 1.42. The fraction of sp³-hybridized carbons (Fsp3) is 0.0833. The second-order valence-electron chi connectivity index (χ2n) is 3.51. The van der Waals surface area contributed by atoms with E-state index < -0.39 is 11.7 Å². The van der Waals surface area contributed by atoms with Crippen LogP contribution in [0.15, 0.2) is 34.9 Å². The summed E-state index contributed by atoms with van der Waals surface area (Å²) in [6.45, 7) is 1.64. The summed E-state index contributed by atoms with van der Waals surface area (Å²) in [6, 6.07) is 5.01. The van der Waals surface area contributed by atoms with E-state index in [1.807, 2.05) is 0 Å². The first kappa shape index (κ1) is 11.2. The Kier molecular flexibility index (Phi) is 2.82. The van der Waals surface area contributed by atoms with Crippen molar-refractivity contribution in [3.63, 3.8) is 0 Å². The second kappa shape index (κ2) is 4.29. The number of aromatic hydroxyl groups is 1. The zero-order chi connectivity index (χ0) is 12.4. The van der Waals surface area contributed by atoms with E-state index in [0.717, 1.165) is 6.07 Å². The number of aryl methyl sites for hydroxylation is 1. The Bertz CT molecular complexity index is 563. The van der Waals surface area contributed by atoms with Crippen molar-refractivity contribution in [3.8, 4) is 5.75 Å². The summed E-state index contributed by atoms with van der Waals surface area (Å²) in [5.74, 6) is -0.887. The van der Waals surface area contributed by atoms with Gasteiger partial charge in [-0.05, 0) is 25.1 Å². The maximum absolute atomic E-state index is 13.4. The average molecular weight is 235 g/mol. The van der Waals surface area contributed by atoms with Crippen LogP contribution in [0.25, 0.3) is 0 Å². The van der Waals surface area contributed by atoms with Gasteiger partial charge in [-0.1, -0.05) is 0 Å². The Morgan fingerprint density at radius 1 is 1.41 bits per heavy atom. The minimum Gasteiger partial charge on any atom is -0.508 e. The maximum atomic E-state index is 13.4. The molecule has 17 heavy (non-hydrogen) atoms. The van der Waals surface area contributed by atoms with E-state index in [-0.39, 0.29) is 11.4 Å². The van der Waals surface area contributed by atoms with Crippen molar-refractivity contribution in [2.75, 3.05) is 5.32 Å². The van der Waals surface area contributed by atoms with E-state index in [0.29, 0.717) is 11.3 Å². The monoisotopic (exact) mass is 235 g/mol. The summed E-state index contributed by atoms with van der Waals surface area (Å²) >= 11 is 0. The Labute approximate surface area is 96.7 Å². The number of carbonyl (C=O) groups excluding carboxylic acids is 1. The number of halogens is 1. The second-order valence-corrected chi connectivity index (χ2v) is 3.51. The summed E-state index contributed by atoms with van der Waals surface area (Å²) in [4.78, 5) is 11.7. The number of rotatable bonds is 2. The lowest BCUT2D eigenvalue weighted by Crippen LogP contribution is -2.13. The van der Waals surface area contributed by atoms with Crippen LogP contribution >= 0.6 is 0 Å². The van der Waals surface area contributed by atoms with Crippen molar-refractivity contribution in [2.24, 2.45) is 0 Å². The number of hydrogen-bond donors (Lipinski definition) is 2. The lowest BCUT2D eigenvalue weighted by Gasteiger charge is -2.05. The predicted octanol–water partition coefficient (Wildman–Crippen LogP) is 2.69. The predicted molar refractivity (Wildman–Crippen MR) is 59.5 cm³/mol. The number of phenolic OH excluding ortho intramolecular Hbond substituents is 1. The number of furan rings is 1. The van der Waals surface area contributed by atoms with E-state index in [2.05, 4.69) is 5.32 Å². The molecule has 2 aromatic rings. The number of hydrogen-bond acceptors (Lipinski definition) is 3. The Balaban J connectivity index is 2.22. The van der Waals surface area contributed by atoms with Crippen molar-refractivity contribution in [3.05, 3.63) is 47.7 Å². The normalized spacial score (nSPS) is 10.2. The van der Waals surface area contributed by atoms with Crippen LogP contribution in [0.4, 0.5) is 10.1 Å². The van der Waals surface area contributed by atoms with Gasteiger partial charge in [-0.25, -0.2) is 4.39 Å².